The SMILES string of the molecule is COc1cc2c(cc1Cl)C(CCCCl)(c1ccccc1F)C(=O)N2. The standard InChI is InChI=1S/C18H16Cl2FNO2/c1-24-16-10-15-12(9-13(16)20)18(7-4-8-19,17(23)22-15)11-5-2-3-6-14(11)21/h2-3,5-6,9-10H,4,7-8H2,1H3,(H,22,23). The fraction of sp³-hybridized carbons (Fsp3) is 0.278. The van der Waals surface area contributed by atoms with Gasteiger partial charge < -0.3 is 10.1 Å². The number of hydrogen-bond acceptors (Lipinski definition) is 2. The number of rotatable bonds is 5. The molecule has 1 N–H and O–H groups in total. The van der Waals surface area contributed by atoms with Crippen molar-refractivity contribution in [3.63, 3.8) is 0 Å². The van der Waals surface area contributed by atoms with Gasteiger partial charge in [-0.2, -0.15) is 0 Å². The van der Waals surface area contributed by atoms with Crippen molar-refractivity contribution in [3.05, 3.63) is 58.4 Å². The van der Waals surface area contributed by atoms with Crippen LogP contribution in [0.2, 0.25) is 5.02 Å². The molecule has 0 aromatic heterocycles. The monoisotopic (exact) mass is 367 g/mol. The molecule has 24 heavy (non-hydrogen) atoms. The summed E-state index contributed by atoms with van der Waals surface area (Å²) in [7, 11) is 1.50. The highest BCUT2D eigenvalue weighted by atomic mass is 35.5. The molecule has 0 saturated heterocycles. The van der Waals surface area contributed by atoms with Crippen LogP contribution in [0.3, 0.4) is 0 Å². The van der Waals surface area contributed by atoms with E-state index in [1.54, 1.807) is 30.3 Å². The average Bonchev–Trinajstić information content (AvgIpc) is 2.84. The van der Waals surface area contributed by atoms with Gasteiger partial charge in [0.2, 0.25) is 5.91 Å². The van der Waals surface area contributed by atoms with Crippen LogP contribution in [0.4, 0.5) is 10.1 Å². The third kappa shape index (κ3) is 2.54. The number of fused-ring (bicyclic) bond motifs is 1. The number of amides is 1. The third-order valence-corrected chi connectivity index (χ3v) is 4.97. The van der Waals surface area contributed by atoms with Gasteiger partial charge in [0.05, 0.1) is 12.1 Å². The molecule has 6 heteroatoms. The molecule has 0 saturated carbocycles. The van der Waals surface area contributed by atoms with E-state index in [4.69, 9.17) is 27.9 Å². The van der Waals surface area contributed by atoms with Gasteiger partial charge in [0.25, 0.3) is 0 Å². The Bertz CT molecular complexity index is 797. The summed E-state index contributed by atoms with van der Waals surface area (Å²) < 4.78 is 19.8. The number of ether oxygens (including phenoxy) is 1. The van der Waals surface area contributed by atoms with Gasteiger partial charge in [-0.1, -0.05) is 29.8 Å². The molecule has 0 spiro atoms. The molecular weight excluding hydrogens is 352 g/mol. The van der Waals surface area contributed by atoms with Crippen molar-refractivity contribution < 1.29 is 13.9 Å². The Hall–Kier alpha value is -1.78. The number of carbonyl (C=O) groups excluding carboxylic acids is 1. The smallest absolute Gasteiger partial charge is 0.239 e. The third-order valence-electron chi connectivity index (χ3n) is 4.41. The van der Waals surface area contributed by atoms with Crippen molar-refractivity contribution in [2.24, 2.45) is 0 Å². The van der Waals surface area contributed by atoms with E-state index in [1.165, 1.54) is 13.2 Å². The fourth-order valence-electron chi connectivity index (χ4n) is 3.31. The van der Waals surface area contributed by atoms with E-state index < -0.39 is 11.2 Å². The van der Waals surface area contributed by atoms with Crippen molar-refractivity contribution >= 4 is 34.8 Å². The number of alkyl halides is 1. The molecule has 1 heterocycles. The molecule has 3 rings (SSSR count). The van der Waals surface area contributed by atoms with E-state index in [2.05, 4.69) is 5.32 Å². The number of benzene rings is 2. The number of hydrogen-bond donors (Lipinski definition) is 1. The Kier molecular flexibility index (Phi) is 4.70. The summed E-state index contributed by atoms with van der Waals surface area (Å²) in [5.74, 6) is 0.124. The fourth-order valence-corrected chi connectivity index (χ4v) is 3.68. The maximum absolute atomic E-state index is 14.6. The molecular formula is C18H16Cl2FNO2. The van der Waals surface area contributed by atoms with E-state index in [1.807, 2.05) is 0 Å². The molecule has 3 nitrogen and oxygen atoms in total. The number of methoxy groups -OCH3 is 1. The first-order chi connectivity index (χ1) is 11.5. The minimum Gasteiger partial charge on any atom is -0.495 e. The summed E-state index contributed by atoms with van der Waals surface area (Å²) in [6, 6.07) is 9.65. The van der Waals surface area contributed by atoms with E-state index in [9.17, 15) is 9.18 Å². The topological polar surface area (TPSA) is 38.3 Å². The van der Waals surface area contributed by atoms with Crippen LogP contribution >= 0.6 is 23.2 Å². The summed E-state index contributed by atoms with van der Waals surface area (Å²) >= 11 is 12.1. The first kappa shape index (κ1) is 17.1. The summed E-state index contributed by atoms with van der Waals surface area (Å²) in [6.07, 6.45) is 0.950. The zero-order valence-corrected chi connectivity index (χ0v) is 14.5. The van der Waals surface area contributed by atoms with Crippen LogP contribution in [-0.2, 0) is 10.2 Å². The summed E-state index contributed by atoms with van der Waals surface area (Å²) in [4.78, 5) is 12.9. The van der Waals surface area contributed by atoms with Gasteiger partial charge in [0.1, 0.15) is 17.0 Å². The van der Waals surface area contributed by atoms with Crippen LogP contribution in [0.5, 0.6) is 5.75 Å². The summed E-state index contributed by atoms with van der Waals surface area (Å²) in [5.41, 5.74) is 0.408. The Balaban J connectivity index is 2.26. The van der Waals surface area contributed by atoms with Gasteiger partial charge >= 0.3 is 0 Å². The second kappa shape index (κ2) is 6.61. The molecule has 1 atom stereocenters. The second-order valence-electron chi connectivity index (χ2n) is 5.66. The van der Waals surface area contributed by atoms with Crippen LogP contribution in [0.25, 0.3) is 0 Å². The van der Waals surface area contributed by atoms with Crippen LogP contribution in [0.1, 0.15) is 24.0 Å². The van der Waals surface area contributed by atoms with Gasteiger partial charge in [-0.05, 0) is 30.5 Å². The van der Waals surface area contributed by atoms with E-state index in [0.29, 0.717) is 46.3 Å². The molecule has 1 unspecified atom stereocenters. The number of carbonyl (C=O) groups is 1. The van der Waals surface area contributed by atoms with E-state index in [0.717, 1.165) is 0 Å². The van der Waals surface area contributed by atoms with Gasteiger partial charge in [0.15, 0.2) is 0 Å². The predicted molar refractivity (Wildman–Crippen MR) is 93.8 cm³/mol. The molecule has 0 fully saturated rings. The maximum atomic E-state index is 14.6. The van der Waals surface area contributed by atoms with Crippen molar-refractivity contribution in [1.29, 1.82) is 0 Å². The normalized spacial score (nSPS) is 19.1. The highest BCUT2D eigenvalue weighted by molar-refractivity contribution is 6.32. The minimum absolute atomic E-state index is 0.281. The molecule has 1 aliphatic rings. The first-order valence-corrected chi connectivity index (χ1v) is 8.46. The van der Waals surface area contributed by atoms with Crippen LogP contribution in [0, 0.1) is 5.82 Å². The molecule has 1 aliphatic heterocycles. The minimum atomic E-state index is -1.15. The Labute approximate surface area is 149 Å². The summed E-state index contributed by atoms with van der Waals surface area (Å²) in [6.45, 7) is 0. The quantitative estimate of drug-likeness (QED) is 0.774. The molecule has 2 aromatic rings. The molecule has 2 aromatic carbocycles. The number of halogens is 3. The van der Waals surface area contributed by atoms with Gasteiger partial charge in [-0.3, -0.25) is 4.79 Å². The first-order valence-electron chi connectivity index (χ1n) is 7.55. The van der Waals surface area contributed by atoms with Crippen LogP contribution in [-0.4, -0.2) is 18.9 Å². The van der Waals surface area contributed by atoms with Crippen molar-refractivity contribution in [1.82, 2.24) is 0 Å². The molecule has 1 amide bonds. The maximum Gasteiger partial charge on any atom is 0.239 e. The zero-order chi connectivity index (χ0) is 17.3. The highest BCUT2D eigenvalue weighted by Gasteiger charge is 2.49. The average molecular weight is 368 g/mol. The predicted octanol–water partition coefficient (Wildman–Crippen LogP) is 4.74. The van der Waals surface area contributed by atoms with Crippen LogP contribution < -0.4 is 10.1 Å². The Morgan fingerprint density at radius 2 is 2.00 bits per heavy atom. The van der Waals surface area contributed by atoms with Crippen molar-refractivity contribution in [3.8, 4) is 5.75 Å². The lowest BCUT2D eigenvalue weighted by molar-refractivity contribution is -0.119. The largest absolute Gasteiger partial charge is 0.495 e. The van der Waals surface area contributed by atoms with Gasteiger partial charge in [-0.15, -0.1) is 11.6 Å². The highest BCUT2D eigenvalue weighted by Crippen LogP contribution is 2.49. The molecule has 0 radical (unpaired) electrons. The second-order valence-corrected chi connectivity index (χ2v) is 6.45. The lowest BCUT2D eigenvalue weighted by Crippen LogP contribution is -2.36. The zero-order valence-electron chi connectivity index (χ0n) is 13.0. The number of anilines is 1. The lowest BCUT2D eigenvalue weighted by Gasteiger charge is -2.28. The summed E-state index contributed by atoms with van der Waals surface area (Å²) in [5, 5.41) is 3.21. The van der Waals surface area contributed by atoms with Gasteiger partial charge in [-0.25, -0.2) is 4.39 Å². The Morgan fingerprint density at radius 1 is 1.25 bits per heavy atom. The lowest BCUT2D eigenvalue weighted by atomic mass is 9.72. The van der Waals surface area contributed by atoms with Crippen LogP contribution in [0.15, 0.2) is 36.4 Å². The van der Waals surface area contributed by atoms with E-state index in [-0.39, 0.29) is 5.91 Å². The van der Waals surface area contributed by atoms with Crippen molar-refractivity contribution in [2.45, 2.75) is 18.3 Å². The molecule has 0 bridgehead atoms. The van der Waals surface area contributed by atoms with Crippen molar-refractivity contribution in [2.75, 3.05) is 18.3 Å². The van der Waals surface area contributed by atoms with Gasteiger partial charge in [0, 0.05) is 23.2 Å². The molecule has 126 valence electrons. The Morgan fingerprint density at radius 3 is 2.67 bits per heavy atom. The number of nitrogens with one attached hydrogen (secondary N) is 1. The van der Waals surface area contributed by atoms with E-state index >= 15 is 0 Å². The molecule has 0 aliphatic carbocycles.